The fourth-order valence-corrected chi connectivity index (χ4v) is 7.01. The maximum atomic E-state index is 12.8. The molecule has 0 radical (unpaired) electrons. The molecule has 0 unspecified atom stereocenters. The van der Waals surface area contributed by atoms with Crippen molar-refractivity contribution in [2.75, 3.05) is 0 Å². The second kappa shape index (κ2) is 8.04. The molecule has 0 spiro atoms. The Morgan fingerprint density at radius 1 is 0.931 bits per heavy atom. The van der Waals surface area contributed by atoms with Crippen LogP contribution in [0.1, 0.15) is 71.6 Å². The van der Waals surface area contributed by atoms with Crippen LogP contribution in [-0.2, 0) is 19.2 Å². The number of carboxylic acid groups (broad SMARTS) is 2. The molecule has 4 fully saturated rings. The summed E-state index contributed by atoms with van der Waals surface area (Å²) in [5.41, 5.74) is 0.143. The maximum Gasteiger partial charge on any atom is 0.328 e. The average molecular weight is 405 g/mol. The van der Waals surface area contributed by atoms with E-state index in [4.69, 9.17) is 10.2 Å². The molecule has 2 N–H and O–H groups in total. The highest BCUT2D eigenvalue weighted by atomic mass is 16.4. The van der Waals surface area contributed by atoms with Crippen LogP contribution in [-0.4, -0.2) is 33.7 Å². The van der Waals surface area contributed by atoms with Crippen LogP contribution in [0.3, 0.4) is 0 Å². The molecule has 4 aliphatic carbocycles. The number of carbonyl (C=O) groups is 4. The van der Waals surface area contributed by atoms with Crippen LogP contribution in [0, 0.1) is 34.5 Å². The Morgan fingerprint density at radius 2 is 1.59 bits per heavy atom. The van der Waals surface area contributed by atoms with E-state index in [1.807, 2.05) is 0 Å². The van der Waals surface area contributed by atoms with E-state index in [9.17, 15) is 19.2 Å². The van der Waals surface area contributed by atoms with Gasteiger partial charge in [-0.2, -0.15) is 0 Å². The highest BCUT2D eigenvalue weighted by Gasteiger charge is 2.61. The molecule has 6 atom stereocenters. The fourth-order valence-electron chi connectivity index (χ4n) is 7.01. The number of Topliss-reactive ketones (excluding diaryl/α,β-unsaturated/α-hetero) is 2. The maximum absolute atomic E-state index is 12.8. The Balaban J connectivity index is 0.000000258. The molecule has 0 heterocycles. The van der Waals surface area contributed by atoms with Crippen molar-refractivity contribution in [2.45, 2.75) is 71.6 Å². The highest BCUT2D eigenvalue weighted by molar-refractivity contribution is 5.89. The van der Waals surface area contributed by atoms with Gasteiger partial charge in [0.2, 0.25) is 0 Å². The lowest BCUT2D eigenvalue weighted by Crippen LogP contribution is -2.55. The van der Waals surface area contributed by atoms with Crippen molar-refractivity contribution in [1.82, 2.24) is 0 Å². The van der Waals surface area contributed by atoms with E-state index >= 15 is 0 Å². The number of hydrogen-bond acceptors (Lipinski definition) is 4. The molecule has 0 saturated heterocycles. The predicted octanol–water partition coefficient (Wildman–Crippen LogP) is 3.88. The molecule has 0 bridgehead atoms. The molecule has 0 amide bonds. The summed E-state index contributed by atoms with van der Waals surface area (Å²) in [6.45, 7) is 4.61. The number of fused-ring (bicyclic) bond motifs is 5. The van der Waals surface area contributed by atoms with Gasteiger partial charge >= 0.3 is 11.9 Å². The molecule has 4 saturated carbocycles. The van der Waals surface area contributed by atoms with Gasteiger partial charge < -0.3 is 10.2 Å². The summed E-state index contributed by atoms with van der Waals surface area (Å²) in [7, 11) is 0. The van der Waals surface area contributed by atoms with Gasteiger partial charge in [0.25, 0.3) is 0 Å². The minimum absolute atomic E-state index is 0.0979. The van der Waals surface area contributed by atoms with Crippen molar-refractivity contribution >= 4 is 23.5 Å². The van der Waals surface area contributed by atoms with E-state index in [2.05, 4.69) is 13.8 Å². The number of carbonyl (C=O) groups excluding carboxylic acids is 2. The molecule has 0 aromatic heterocycles. The van der Waals surface area contributed by atoms with Gasteiger partial charge in [-0.1, -0.05) is 26.7 Å². The van der Waals surface area contributed by atoms with Crippen LogP contribution in [0.25, 0.3) is 0 Å². The Bertz CT molecular complexity index is 724. The molecule has 0 aliphatic heterocycles. The number of hydrogen-bond donors (Lipinski definition) is 2. The zero-order valence-corrected chi connectivity index (χ0v) is 17.4. The first-order valence-corrected chi connectivity index (χ1v) is 10.8. The molecule has 0 aromatic rings. The largest absolute Gasteiger partial charge is 0.478 e. The third-order valence-corrected chi connectivity index (χ3v) is 8.44. The summed E-state index contributed by atoms with van der Waals surface area (Å²) in [6.07, 6.45) is 10.9. The number of rotatable bonds is 2. The zero-order valence-electron chi connectivity index (χ0n) is 17.4. The number of carboxylic acids is 2. The van der Waals surface area contributed by atoms with Crippen LogP contribution in [0.15, 0.2) is 12.2 Å². The van der Waals surface area contributed by atoms with E-state index in [-0.39, 0.29) is 10.8 Å². The van der Waals surface area contributed by atoms with Gasteiger partial charge in [0.05, 0.1) is 0 Å². The normalized spacial score (nSPS) is 41.0. The van der Waals surface area contributed by atoms with Crippen LogP contribution >= 0.6 is 0 Å². The smallest absolute Gasteiger partial charge is 0.328 e. The number of aliphatic carboxylic acids is 2. The van der Waals surface area contributed by atoms with E-state index in [1.165, 1.54) is 25.7 Å². The first-order valence-electron chi connectivity index (χ1n) is 10.8. The molecule has 160 valence electrons. The molecule has 6 heteroatoms. The summed E-state index contributed by atoms with van der Waals surface area (Å²) in [4.78, 5) is 44.2. The Hall–Kier alpha value is -1.98. The van der Waals surface area contributed by atoms with Crippen LogP contribution in [0.4, 0.5) is 0 Å². The summed E-state index contributed by atoms with van der Waals surface area (Å²) >= 11 is 0. The van der Waals surface area contributed by atoms with Crippen molar-refractivity contribution in [3.05, 3.63) is 12.2 Å². The zero-order chi connectivity index (χ0) is 21.4. The second-order valence-corrected chi connectivity index (χ2v) is 9.78. The molecule has 4 aliphatic rings. The molecular formula is C23H32O6. The SMILES string of the molecule is C[C@]12CCCC[C@@H]1C(=O)C[C@@H]1[C@@H]2CC[C@]2(C)C(=O)CC[C@@H]12.O=C(O)/C=C/C(=O)O. The van der Waals surface area contributed by atoms with Crippen LogP contribution < -0.4 is 0 Å². The Kier molecular flexibility index (Phi) is 6.02. The van der Waals surface area contributed by atoms with Gasteiger partial charge in [-0.3, -0.25) is 9.59 Å². The standard InChI is InChI=1S/C19H28O2.C4H4O4/c1-18-9-4-3-5-15(18)16(20)11-12-13-6-7-17(21)19(13,2)10-8-14(12)18;5-3(6)1-2-4(7)8/h12-15H,3-11H2,1-2H3;1-2H,(H,5,6)(H,7,8)/b;2-1+/t12-,13-,14-,15+,18+,19-;/m0./s1. The fraction of sp³-hybridized carbons (Fsp3) is 0.739. The van der Waals surface area contributed by atoms with E-state index in [1.54, 1.807) is 0 Å². The second-order valence-electron chi connectivity index (χ2n) is 9.78. The van der Waals surface area contributed by atoms with Gasteiger partial charge in [-0.25, -0.2) is 9.59 Å². The third-order valence-electron chi connectivity index (χ3n) is 8.44. The van der Waals surface area contributed by atoms with Crippen LogP contribution in [0.2, 0.25) is 0 Å². The van der Waals surface area contributed by atoms with Crippen molar-refractivity contribution in [3.8, 4) is 0 Å². The van der Waals surface area contributed by atoms with Gasteiger partial charge in [-0.05, 0) is 55.3 Å². The van der Waals surface area contributed by atoms with Crippen LogP contribution in [0.5, 0.6) is 0 Å². The van der Waals surface area contributed by atoms with Gasteiger partial charge in [-0.15, -0.1) is 0 Å². The Labute approximate surface area is 171 Å². The summed E-state index contributed by atoms with van der Waals surface area (Å²) in [5, 5.41) is 15.6. The Morgan fingerprint density at radius 3 is 2.21 bits per heavy atom. The van der Waals surface area contributed by atoms with E-state index in [0.717, 1.165) is 32.1 Å². The van der Waals surface area contributed by atoms with Gasteiger partial charge in [0.1, 0.15) is 11.6 Å². The minimum atomic E-state index is -1.26. The minimum Gasteiger partial charge on any atom is -0.478 e. The number of ketones is 2. The topological polar surface area (TPSA) is 109 Å². The van der Waals surface area contributed by atoms with Crippen molar-refractivity contribution in [1.29, 1.82) is 0 Å². The van der Waals surface area contributed by atoms with Crippen molar-refractivity contribution in [3.63, 3.8) is 0 Å². The van der Waals surface area contributed by atoms with Crippen molar-refractivity contribution in [2.24, 2.45) is 34.5 Å². The average Bonchev–Trinajstić information content (AvgIpc) is 2.96. The predicted molar refractivity (Wildman–Crippen MR) is 106 cm³/mol. The highest BCUT2D eigenvalue weighted by Crippen LogP contribution is 2.64. The van der Waals surface area contributed by atoms with E-state index in [0.29, 0.717) is 47.4 Å². The quantitative estimate of drug-likeness (QED) is 0.676. The van der Waals surface area contributed by atoms with Gasteiger partial charge in [0, 0.05) is 36.3 Å². The summed E-state index contributed by atoms with van der Waals surface area (Å²) in [6, 6.07) is 0. The summed E-state index contributed by atoms with van der Waals surface area (Å²) < 4.78 is 0. The third kappa shape index (κ3) is 3.90. The lowest BCUT2D eigenvalue weighted by atomic mass is 9.45. The first kappa shape index (κ1) is 21.7. The molecule has 29 heavy (non-hydrogen) atoms. The monoisotopic (exact) mass is 404 g/mol. The molecule has 4 rings (SSSR count). The summed E-state index contributed by atoms with van der Waals surface area (Å²) in [5.74, 6) is 0.518. The lowest BCUT2D eigenvalue weighted by molar-refractivity contribution is -0.155. The van der Waals surface area contributed by atoms with Gasteiger partial charge in [0.15, 0.2) is 0 Å². The van der Waals surface area contributed by atoms with Crippen molar-refractivity contribution < 1.29 is 29.4 Å². The lowest BCUT2D eigenvalue weighted by Gasteiger charge is -2.58. The molecule has 6 nitrogen and oxygen atoms in total. The van der Waals surface area contributed by atoms with E-state index < -0.39 is 11.9 Å². The molecule has 0 aromatic carbocycles. The molecular weight excluding hydrogens is 372 g/mol. The first-order chi connectivity index (χ1) is 13.6.